The first-order chi connectivity index (χ1) is 18.2. The maximum absolute atomic E-state index is 12.8. The molecule has 3 aromatic carbocycles. The van der Waals surface area contributed by atoms with Gasteiger partial charge in [-0.1, -0.05) is 36.4 Å². The van der Waals surface area contributed by atoms with Gasteiger partial charge in [-0.2, -0.15) is 0 Å². The van der Waals surface area contributed by atoms with Gasteiger partial charge in [-0.15, -0.1) is 4.74 Å². The molecule has 0 unspecified atom stereocenters. The second kappa shape index (κ2) is 11.5. The van der Waals surface area contributed by atoms with Crippen LogP contribution in [0.15, 0.2) is 80.8 Å². The Labute approximate surface area is 218 Å². The van der Waals surface area contributed by atoms with E-state index in [2.05, 4.69) is 0 Å². The number of amides is 2. The minimum absolute atomic E-state index is 0.119. The van der Waals surface area contributed by atoms with Crippen LogP contribution >= 0.6 is 0 Å². The monoisotopic (exact) mass is 516 g/mol. The Bertz CT molecular complexity index is 1570. The largest absolute Gasteiger partial charge is 0.489 e. The van der Waals surface area contributed by atoms with E-state index >= 15 is 0 Å². The number of aryl methyl sites for hydroxylation is 1. The third-order valence-corrected chi connectivity index (χ3v) is 6.01. The van der Waals surface area contributed by atoms with Gasteiger partial charge in [-0.3, -0.25) is 9.59 Å². The molecule has 0 saturated heterocycles. The number of hydrogen-bond acceptors (Lipinski definition) is 6. The van der Waals surface area contributed by atoms with Crippen LogP contribution in [0.2, 0.25) is 0 Å². The number of benzene rings is 3. The van der Waals surface area contributed by atoms with Crippen molar-refractivity contribution in [3.8, 4) is 16.9 Å². The van der Waals surface area contributed by atoms with Crippen molar-refractivity contribution < 1.29 is 18.8 Å². The lowest BCUT2D eigenvalue weighted by Crippen LogP contribution is -2.38. The molecule has 10 heteroatoms. The van der Waals surface area contributed by atoms with Gasteiger partial charge in [-0.25, -0.2) is 14.6 Å². The van der Waals surface area contributed by atoms with Gasteiger partial charge in [-0.05, 0) is 72.0 Å². The number of aromatic amines is 1. The summed E-state index contributed by atoms with van der Waals surface area (Å²) in [7, 11) is 0. The zero-order chi connectivity index (χ0) is 27.2. The molecule has 0 radical (unpaired) electrons. The number of likely N-dealkylation sites (N-methyl/N-ethyl adjacent to an activating group) is 1. The van der Waals surface area contributed by atoms with Crippen LogP contribution in [0.1, 0.15) is 34.0 Å². The van der Waals surface area contributed by atoms with Crippen LogP contribution in [-0.2, 0) is 17.9 Å². The topological polar surface area (TPSA) is 141 Å². The highest BCUT2D eigenvalue weighted by Gasteiger charge is 2.17. The molecule has 0 aliphatic carbocycles. The number of hydrogen-bond donors (Lipinski definition) is 2. The molecule has 0 spiro atoms. The van der Waals surface area contributed by atoms with Crippen molar-refractivity contribution in [2.75, 3.05) is 13.1 Å². The van der Waals surface area contributed by atoms with Crippen LogP contribution in [0.25, 0.3) is 11.1 Å². The predicted octanol–water partition coefficient (Wildman–Crippen LogP) is 2.68. The standard InChI is InChI=1S/C28H28N4O6/c1-3-31(16-25(29)33)26(34)22-9-12-24(18(2)13-22)21-6-4-5-20(14-21)17-37-23-10-7-19(8-11-23)15-32-27(35)30-28(36)38-32/h4-14H,3,15-17H2,1-2H3,(H2,29,33)(H,30,35,36). The molecule has 0 fully saturated rings. The molecule has 1 heterocycles. The van der Waals surface area contributed by atoms with E-state index in [-0.39, 0.29) is 19.0 Å². The van der Waals surface area contributed by atoms with E-state index in [1.165, 1.54) is 4.90 Å². The molecule has 1 aromatic heterocycles. The number of H-pyrrole nitrogens is 1. The van der Waals surface area contributed by atoms with Gasteiger partial charge in [0.15, 0.2) is 0 Å². The number of nitrogens with one attached hydrogen (secondary N) is 1. The molecule has 196 valence electrons. The predicted molar refractivity (Wildman–Crippen MR) is 141 cm³/mol. The lowest BCUT2D eigenvalue weighted by atomic mass is 9.97. The Morgan fingerprint density at radius 2 is 1.79 bits per heavy atom. The zero-order valence-electron chi connectivity index (χ0n) is 21.1. The maximum atomic E-state index is 12.8. The SMILES string of the molecule is CCN(CC(N)=O)C(=O)c1ccc(-c2cccc(COc3ccc(Cn4oc(=O)[nH]c4=O)cc3)c2)c(C)c1. The highest BCUT2D eigenvalue weighted by atomic mass is 16.5. The van der Waals surface area contributed by atoms with Crippen molar-refractivity contribution in [2.24, 2.45) is 5.73 Å². The lowest BCUT2D eigenvalue weighted by Gasteiger charge is -2.20. The molecule has 0 aliphatic rings. The van der Waals surface area contributed by atoms with Crippen LogP contribution in [-0.4, -0.2) is 39.5 Å². The molecule has 2 amide bonds. The van der Waals surface area contributed by atoms with Gasteiger partial charge in [0.05, 0.1) is 13.1 Å². The average Bonchev–Trinajstić information content (AvgIpc) is 3.22. The smallest absolute Gasteiger partial charge is 0.440 e. The number of nitrogens with two attached hydrogens (primary N) is 1. The first kappa shape index (κ1) is 26.2. The van der Waals surface area contributed by atoms with E-state index in [0.717, 1.165) is 32.6 Å². The summed E-state index contributed by atoms with van der Waals surface area (Å²) in [5.41, 5.74) is 9.80. The quantitative estimate of drug-likeness (QED) is 0.332. The highest BCUT2D eigenvalue weighted by Crippen LogP contribution is 2.26. The van der Waals surface area contributed by atoms with Crippen LogP contribution < -0.4 is 21.9 Å². The second-order valence-electron chi connectivity index (χ2n) is 8.79. The van der Waals surface area contributed by atoms with Crippen LogP contribution in [0.4, 0.5) is 0 Å². The average molecular weight is 517 g/mol. The van der Waals surface area contributed by atoms with Gasteiger partial charge in [0, 0.05) is 12.1 Å². The lowest BCUT2D eigenvalue weighted by molar-refractivity contribution is -0.118. The van der Waals surface area contributed by atoms with Crippen LogP contribution in [0.3, 0.4) is 0 Å². The molecule has 10 nitrogen and oxygen atoms in total. The summed E-state index contributed by atoms with van der Waals surface area (Å²) < 4.78 is 11.7. The number of rotatable bonds is 10. The van der Waals surface area contributed by atoms with E-state index in [1.807, 2.05) is 48.3 Å². The Morgan fingerprint density at radius 1 is 1.03 bits per heavy atom. The molecular formula is C28H28N4O6. The Hall–Kier alpha value is -4.86. The summed E-state index contributed by atoms with van der Waals surface area (Å²) >= 11 is 0. The molecule has 0 atom stereocenters. The van der Waals surface area contributed by atoms with E-state index in [0.29, 0.717) is 24.5 Å². The molecule has 38 heavy (non-hydrogen) atoms. The third-order valence-electron chi connectivity index (χ3n) is 6.01. The number of ether oxygens (including phenoxy) is 1. The number of carbonyl (C=O) groups excluding carboxylic acids is 2. The fraction of sp³-hybridized carbons (Fsp3) is 0.214. The Kier molecular flexibility index (Phi) is 7.91. The van der Waals surface area contributed by atoms with Crippen molar-refractivity contribution in [3.05, 3.63) is 110 Å². The van der Waals surface area contributed by atoms with Gasteiger partial charge in [0.2, 0.25) is 5.91 Å². The van der Waals surface area contributed by atoms with Gasteiger partial charge in [0.25, 0.3) is 5.91 Å². The van der Waals surface area contributed by atoms with Gasteiger partial charge < -0.3 is 19.9 Å². The van der Waals surface area contributed by atoms with Crippen molar-refractivity contribution in [2.45, 2.75) is 27.0 Å². The van der Waals surface area contributed by atoms with Crippen molar-refractivity contribution in [1.82, 2.24) is 14.6 Å². The van der Waals surface area contributed by atoms with Crippen LogP contribution in [0, 0.1) is 6.92 Å². The normalized spacial score (nSPS) is 10.8. The fourth-order valence-corrected chi connectivity index (χ4v) is 4.09. The van der Waals surface area contributed by atoms with Crippen molar-refractivity contribution in [3.63, 3.8) is 0 Å². The summed E-state index contributed by atoms with van der Waals surface area (Å²) in [5, 5.41) is 0. The fourth-order valence-electron chi connectivity index (χ4n) is 4.09. The van der Waals surface area contributed by atoms with Crippen molar-refractivity contribution >= 4 is 11.8 Å². The Balaban J connectivity index is 1.42. The molecule has 0 aliphatic heterocycles. The van der Waals surface area contributed by atoms with Crippen molar-refractivity contribution in [1.29, 1.82) is 0 Å². The molecule has 4 rings (SSSR count). The van der Waals surface area contributed by atoms with Gasteiger partial charge in [0.1, 0.15) is 12.4 Å². The third kappa shape index (κ3) is 6.28. The Morgan fingerprint density at radius 3 is 2.42 bits per heavy atom. The van der Waals surface area contributed by atoms with E-state index < -0.39 is 17.4 Å². The summed E-state index contributed by atoms with van der Waals surface area (Å²) in [5.74, 6) is -0.927. The molecule has 3 N–H and O–H groups in total. The minimum atomic E-state index is -0.792. The summed E-state index contributed by atoms with van der Waals surface area (Å²) in [6.07, 6.45) is 0. The van der Waals surface area contributed by atoms with E-state index in [1.54, 1.807) is 37.3 Å². The first-order valence-corrected chi connectivity index (χ1v) is 12.0. The number of aromatic nitrogens is 2. The zero-order valence-corrected chi connectivity index (χ0v) is 21.1. The second-order valence-corrected chi connectivity index (χ2v) is 8.79. The van der Waals surface area contributed by atoms with E-state index in [4.69, 9.17) is 15.0 Å². The summed E-state index contributed by atoms with van der Waals surface area (Å²) in [6.45, 7) is 4.48. The van der Waals surface area contributed by atoms with E-state index in [9.17, 15) is 19.2 Å². The molecule has 0 saturated carbocycles. The summed E-state index contributed by atoms with van der Waals surface area (Å²) in [6, 6.07) is 20.6. The highest BCUT2D eigenvalue weighted by molar-refractivity contribution is 5.97. The number of primary amides is 1. The molecular weight excluding hydrogens is 488 g/mol. The first-order valence-electron chi connectivity index (χ1n) is 12.0. The maximum Gasteiger partial charge on any atom is 0.440 e. The summed E-state index contributed by atoms with van der Waals surface area (Å²) in [4.78, 5) is 50.2. The minimum Gasteiger partial charge on any atom is -0.489 e. The molecule has 0 bridgehead atoms. The van der Waals surface area contributed by atoms with Gasteiger partial charge >= 0.3 is 11.4 Å². The van der Waals surface area contributed by atoms with Crippen LogP contribution in [0.5, 0.6) is 5.75 Å². The number of nitrogens with zero attached hydrogens (tertiary/aromatic N) is 2. The molecule has 4 aromatic rings. The number of carbonyl (C=O) groups is 2.